The molecule has 4 atom stereocenters. The summed E-state index contributed by atoms with van der Waals surface area (Å²) in [5.74, 6) is 0. The molecule has 0 saturated heterocycles. The van der Waals surface area contributed by atoms with Gasteiger partial charge in [-0.25, -0.2) is 0 Å². The fourth-order valence-corrected chi connectivity index (χ4v) is 3.88. The summed E-state index contributed by atoms with van der Waals surface area (Å²) in [6, 6.07) is 8.55. The molecule has 3 N–H and O–H groups in total. The summed E-state index contributed by atoms with van der Waals surface area (Å²) in [6.07, 6.45) is 4.02. The molecule has 0 heterocycles. The first-order valence-electron chi connectivity index (χ1n) is 7.42. The SMILES string of the molecule is CC(N)C(c1ccccc1Br)N(C)C1CCCCC1O. The van der Waals surface area contributed by atoms with E-state index in [0.29, 0.717) is 0 Å². The van der Waals surface area contributed by atoms with E-state index in [2.05, 4.69) is 40.0 Å². The summed E-state index contributed by atoms with van der Waals surface area (Å²) in [7, 11) is 2.09. The molecule has 1 fully saturated rings. The van der Waals surface area contributed by atoms with Gasteiger partial charge in [-0.05, 0) is 38.4 Å². The van der Waals surface area contributed by atoms with E-state index in [1.165, 1.54) is 12.0 Å². The zero-order valence-electron chi connectivity index (χ0n) is 12.3. The van der Waals surface area contributed by atoms with Crippen LogP contribution < -0.4 is 5.73 Å². The van der Waals surface area contributed by atoms with Crippen LogP contribution in [0.3, 0.4) is 0 Å². The maximum atomic E-state index is 10.3. The second-order valence-electron chi connectivity index (χ2n) is 5.91. The highest BCUT2D eigenvalue weighted by Crippen LogP contribution is 2.33. The molecule has 0 spiro atoms. The molecule has 0 aromatic heterocycles. The summed E-state index contributed by atoms with van der Waals surface area (Å²) >= 11 is 3.63. The summed E-state index contributed by atoms with van der Waals surface area (Å²) < 4.78 is 1.08. The second-order valence-corrected chi connectivity index (χ2v) is 6.76. The number of hydrogen-bond donors (Lipinski definition) is 2. The first-order chi connectivity index (χ1) is 9.52. The lowest BCUT2D eigenvalue weighted by molar-refractivity contribution is 0.00777. The normalized spacial score (nSPS) is 26.5. The van der Waals surface area contributed by atoms with E-state index in [-0.39, 0.29) is 24.2 Å². The Balaban J connectivity index is 2.26. The average Bonchev–Trinajstić information content (AvgIpc) is 2.41. The topological polar surface area (TPSA) is 49.5 Å². The molecule has 20 heavy (non-hydrogen) atoms. The minimum Gasteiger partial charge on any atom is -0.391 e. The van der Waals surface area contributed by atoms with Gasteiger partial charge in [-0.1, -0.05) is 47.0 Å². The number of nitrogens with zero attached hydrogens (tertiary/aromatic N) is 1. The molecular formula is C16H25BrN2O. The Bertz CT molecular complexity index is 438. The third-order valence-corrected chi connectivity index (χ3v) is 5.10. The van der Waals surface area contributed by atoms with Gasteiger partial charge in [0.2, 0.25) is 0 Å². The Morgan fingerprint density at radius 3 is 2.55 bits per heavy atom. The Hall–Kier alpha value is -0.420. The molecule has 1 aromatic rings. The summed E-state index contributed by atoms with van der Waals surface area (Å²) in [4.78, 5) is 2.27. The molecule has 3 nitrogen and oxygen atoms in total. The lowest BCUT2D eigenvalue weighted by atomic mass is 9.88. The molecule has 4 heteroatoms. The third kappa shape index (κ3) is 3.42. The maximum absolute atomic E-state index is 10.3. The van der Waals surface area contributed by atoms with Crippen molar-refractivity contribution in [2.24, 2.45) is 5.73 Å². The fourth-order valence-electron chi connectivity index (χ4n) is 3.36. The molecule has 1 aliphatic rings. The molecule has 4 unspecified atom stereocenters. The highest BCUT2D eigenvalue weighted by molar-refractivity contribution is 9.10. The van der Waals surface area contributed by atoms with Crippen molar-refractivity contribution in [1.29, 1.82) is 0 Å². The van der Waals surface area contributed by atoms with Gasteiger partial charge in [-0.2, -0.15) is 0 Å². The predicted molar refractivity (Wildman–Crippen MR) is 86.6 cm³/mol. The number of rotatable bonds is 4. The summed E-state index contributed by atoms with van der Waals surface area (Å²) in [5.41, 5.74) is 7.44. The molecule has 2 rings (SSSR count). The van der Waals surface area contributed by atoms with E-state index >= 15 is 0 Å². The minimum absolute atomic E-state index is 0.00725. The van der Waals surface area contributed by atoms with E-state index in [1.807, 2.05) is 19.1 Å². The summed E-state index contributed by atoms with van der Waals surface area (Å²) in [5, 5.41) is 10.3. The predicted octanol–water partition coefficient (Wildman–Crippen LogP) is 3.07. The lowest BCUT2D eigenvalue weighted by Gasteiger charge is -2.41. The van der Waals surface area contributed by atoms with Crippen molar-refractivity contribution in [3.05, 3.63) is 34.3 Å². The maximum Gasteiger partial charge on any atom is 0.0695 e. The van der Waals surface area contributed by atoms with Gasteiger partial charge in [0.25, 0.3) is 0 Å². The van der Waals surface area contributed by atoms with Crippen molar-refractivity contribution in [1.82, 2.24) is 4.90 Å². The smallest absolute Gasteiger partial charge is 0.0695 e. The molecule has 0 radical (unpaired) electrons. The van der Waals surface area contributed by atoms with Crippen LogP contribution in [0.4, 0.5) is 0 Å². The van der Waals surface area contributed by atoms with Crippen LogP contribution in [0.2, 0.25) is 0 Å². The van der Waals surface area contributed by atoms with Crippen molar-refractivity contribution in [2.45, 2.75) is 56.8 Å². The highest BCUT2D eigenvalue weighted by atomic mass is 79.9. The summed E-state index contributed by atoms with van der Waals surface area (Å²) in [6.45, 7) is 2.04. The minimum atomic E-state index is -0.238. The molecule has 1 saturated carbocycles. The number of hydrogen-bond acceptors (Lipinski definition) is 3. The largest absolute Gasteiger partial charge is 0.391 e. The number of benzene rings is 1. The van der Waals surface area contributed by atoms with Gasteiger partial charge in [0.05, 0.1) is 12.1 Å². The van der Waals surface area contributed by atoms with Crippen LogP contribution in [0, 0.1) is 0 Å². The Morgan fingerprint density at radius 2 is 1.95 bits per heavy atom. The van der Waals surface area contributed by atoms with E-state index in [9.17, 15) is 5.11 Å². The number of likely N-dealkylation sites (N-methyl/N-ethyl adjacent to an activating group) is 1. The standard InChI is InChI=1S/C16H25BrN2O/c1-11(18)16(12-7-3-4-8-13(12)17)19(2)14-9-5-6-10-15(14)20/h3-4,7-8,11,14-16,20H,5-6,9-10,18H2,1-2H3. The van der Waals surface area contributed by atoms with Gasteiger partial charge >= 0.3 is 0 Å². The van der Waals surface area contributed by atoms with Crippen LogP contribution in [0.1, 0.15) is 44.2 Å². The quantitative estimate of drug-likeness (QED) is 0.885. The lowest BCUT2D eigenvalue weighted by Crippen LogP contribution is -2.49. The number of halogens is 1. The van der Waals surface area contributed by atoms with E-state index in [4.69, 9.17) is 5.73 Å². The Labute approximate surface area is 130 Å². The van der Waals surface area contributed by atoms with Gasteiger partial charge in [0.15, 0.2) is 0 Å². The van der Waals surface area contributed by atoms with Crippen molar-refractivity contribution < 1.29 is 5.11 Å². The molecule has 0 amide bonds. The van der Waals surface area contributed by atoms with Crippen LogP contribution >= 0.6 is 15.9 Å². The third-order valence-electron chi connectivity index (χ3n) is 4.38. The Kier molecular flexibility index (Phi) is 5.61. The molecule has 0 aliphatic heterocycles. The molecular weight excluding hydrogens is 316 g/mol. The fraction of sp³-hybridized carbons (Fsp3) is 0.625. The van der Waals surface area contributed by atoms with Crippen LogP contribution in [-0.2, 0) is 0 Å². The molecule has 1 aliphatic carbocycles. The van der Waals surface area contributed by atoms with Crippen molar-refractivity contribution in [3.8, 4) is 0 Å². The number of nitrogens with two attached hydrogens (primary N) is 1. The Morgan fingerprint density at radius 1 is 1.30 bits per heavy atom. The number of aliphatic hydroxyl groups is 1. The molecule has 1 aromatic carbocycles. The first kappa shape index (κ1) is 16.0. The second kappa shape index (κ2) is 7.03. The zero-order chi connectivity index (χ0) is 14.7. The van der Waals surface area contributed by atoms with Gasteiger partial charge in [0, 0.05) is 16.6 Å². The average molecular weight is 341 g/mol. The van der Waals surface area contributed by atoms with Gasteiger partial charge < -0.3 is 10.8 Å². The van der Waals surface area contributed by atoms with Gasteiger partial charge in [0.1, 0.15) is 0 Å². The highest BCUT2D eigenvalue weighted by Gasteiger charge is 2.33. The van der Waals surface area contributed by atoms with Crippen LogP contribution in [0.25, 0.3) is 0 Å². The van der Waals surface area contributed by atoms with Crippen molar-refractivity contribution >= 4 is 15.9 Å². The van der Waals surface area contributed by atoms with Gasteiger partial charge in [-0.3, -0.25) is 4.90 Å². The number of aliphatic hydroxyl groups excluding tert-OH is 1. The van der Waals surface area contributed by atoms with Crippen LogP contribution in [-0.4, -0.2) is 35.2 Å². The van der Waals surface area contributed by atoms with Crippen molar-refractivity contribution in [3.63, 3.8) is 0 Å². The first-order valence-corrected chi connectivity index (χ1v) is 8.21. The van der Waals surface area contributed by atoms with Crippen LogP contribution in [0.5, 0.6) is 0 Å². The molecule has 0 bridgehead atoms. The zero-order valence-corrected chi connectivity index (χ0v) is 13.9. The van der Waals surface area contributed by atoms with Crippen molar-refractivity contribution in [2.75, 3.05) is 7.05 Å². The molecule has 112 valence electrons. The van der Waals surface area contributed by atoms with E-state index in [0.717, 1.165) is 23.7 Å². The van der Waals surface area contributed by atoms with E-state index < -0.39 is 0 Å². The monoisotopic (exact) mass is 340 g/mol. The van der Waals surface area contributed by atoms with E-state index in [1.54, 1.807) is 0 Å². The van der Waals surface area contributed by atoms with Crippen LogP contribution in [0.15, 0.2) is 28.7 Å². The van der Waals surface area contributed by atoms with Gasteiger partial charge in [-0.15, -0.1) is 0 Å².